The van der Waals surface area contributed by atoms with E-state index in [0.717, 1.165) is 55.2 Å². The van der Waals surface area contributed by atoms with E-state index in [2.05, 4.69) is 30.1 Å². The van der Waals surface area contributed by atoms with Gasteiger partial charge in [-0.2, -0.15) is 0 Å². The number of furan rings is 1. The van der Waals surface area contributed by atoms with Crippen molar-refractivity contribution < 1.29 is 13.1 Å². The molecule has 3 aromatic carbocycles. The first-order chi connectivity index (χ1) is 17.2. The summed E-state index contributed by atoms with van der Waals surface area (Å²) in [5.74, 6) is 0. The third kappa shape index (κ3) is 2.96. The number of pyridine rings is 2. The second-order valence-electron chi connectivity index (χ2n) is 8.62. The lowest BCUT2D eigenvalue weighted by Crippen LogP contribution is -2.31. The first-order valence-electron chi connectivity index (χ1n) is 12.5. The predicted molar refractivity (Wildman–Crippen MR) is 135 cm³/mol. The van der Waals surface area contributed by atoms with Crippen molar-refractivity contribution in [2.45, 2.75) is 20.7 Å². The molecule has 0 aliphatic heterocycles. The minimum atomic E-state index is -2.25. The Morgan fingerprint density at radius 2 is 1.64 bits per heavy atom. The van der Waals surface area contributed by atoms with Gasteiger partial charge in [-0.05, 0) is 60.3 Å². The molecule has 0 spiro atoms. The lowest BCUT2D eigenvalue weighted by atomic mass is 9.92. The van der Waals surface area contributed by atoms with E-state index >= 15 is 0 Å². The molecule has 0 atom stereocenters. The molecule has 0 unspecified atom stereocenters. The van der Waals surface area contributed by atoms with Crippen molar-refractivity contribution in [1.82, 2.24) is 4.98 Å². The highest BCUT2D eigenvalue weighted by atomic mass is 16.3. The molecule has 3 heterocycles. The van der Waals surface area contributed by atoms with Crippen molar-refractivity contribution in [2.75, 3.05) is 0 Å². The van der Waals surface area contributed by atoms with Crippen LogP contribution >= 0.6 is 0 Å². The van der Waals surface area contributed by atoms with E-state index in [1.165, 1.54) is 0 Å². The van der Waals surface area contributed by atoms with Gasteiger partial charge in [-0.3, -0.25) is 0 Å². The molecule has 3 heteroatoms. The van der Waals surface area contributed by atoms with Crippen LogP contribution in [0.3, 0.4) is 0 Å². The van der Waals surface area contributed by atoms with E-state index in [1.54, 1.807) is 6.20 Å². The Bertz CT molecular complexity index is 1800. The van der Waals surface area contributed by atoms with Gasteiger partial charge in [0, 0.05) is 32.2 Å². The van der Waals surface area contributed by atoms with Crippen LogP contribution in [0.25, 0.3) is 55.2 Å². The zero-order valence-electron chi connectivity index (χ0n) is 21.8. The summed E-state index contributed by atoms with van der Waals surface area (Å²) in [6, 6.07) is 24.1. The Hall–Kier alpha value is -3.98. The second kappa shape index (κ2) is 7.28. The fraction of sp³-hybridized carbons (Fsp3) is 0.133. The summed E-state index contributed by atoms with van der Waals surface area (Å²) in [5.41, 5.74) is 7.02. The maximum Gasteiger partial charge on any atom is 0.227 e. The summed E-state index contributed by atoms with van der Waals surface area (Å²) in [6.07, 6.45) is 1.73. The number of hydrogen-bond donors (Lipinski definition) is 0. The van der Waals surface area contributed by atoms with Gasteiger partial charge in [0.1, 0.15) is 7.05 Å². The Morgan fingerprint density at radius 1 is 0.879 bits per heavy atom. The minimum absolute atomic E-state index is 0.316. The second-order valence-corrected chi connectivity index (χ2v) is 8.62. The van der Waals surface area contributed by atoms with Gasteiger partial charge in [-0.25, -0.2) is 9.55 Å². The first-order valence-corrected chi connectivity index (χ1v) is 11.0. The van der Waals surface area contributed by atoms with Crippen LogP contribution in [0.15, 0.2) is 83.4 Å². The third-order valence-electron chi connectivity index (χ3n) is 6.51. The van der Waals surface area contributed by atoms with Gasteiger partial charge in [-0.1, -0.05) is 54.6 Å². The van der Waals surface area contributed by atoms with Crippen LogP contribution in [-0.4, -0.2) is 4.98 Å². The molecule has 0 aliphatic carbocycles. The Balaban J connectivity index is 1.78. The topological polar surface area (TPSA) is 29.9 Å². The van der Waals surface area contributed by atoms with Gasteiger partial charge < -0.3 is 4.42 Å². The summed E-state index contributed by atoms with van der Waals surface area (Å²) < 4.78 is 33.0. The molecule has 3 nitrogen and oxygen atoms in total. The van der Waals surface area contributed by atoms with Gasteiger partial charge in [0.25, 0.3) is 0 Å². The molecular weight excluding hydrogens is 404 g/mol. The highest BCUT2D eigenvalue weighted by Crippen LogP contribution is 2.43. The molecule has 0 bridgehead atoms. The average Bonchev–Trinajstić information content (AvgIpc) is 3.23. The van der Waals surface area contributed by atoms with Crippen LogP contribution in [0.1, 0.15) is 20.9 Å². The quantitative estimate of drug-likeness (QED) is 0.270. The Kier molecular flexibility index (Phi) is 3.67. The van der Waals surface area contributed by atoms with Gasteiger partial charge >= 0.3 is 0 Å². The van der Waals surface area contributed by atoms with Crippen molar-refractivity contribution >= 4 is 32.8 Å². The lowest BCUT2D eigenvalue weighted by Gasteiger charge is -2.13. The van der Waals surface area contributed by atoms with Gasteiger partial charge in [0.05, 0.1) is 5.56 Å². The molecule has 0 radical (unpaired) electrons. The fourth-order valence-electron chi connectivity index (χ4n) is 4.91. The summed E-state index contributed by atoms with van der Waals surface area (Å²) in [6.45, 7) is 1.80. The van der Waals surface area contributed by atoms with Crippen molar-refractivity contribution in [2.24, 2.45) is 7.05 Å². The number of benzene rings is 3. The van der Waals surface area contributed by atoms with E-state index in [1.807, 2.05) is 73.1 Å². The number of aromatic nitrogens is 2. The summed E-state index contributed by atoms with van der Waals surface area (Å²) in [7, 11) is 1.89. The molecule has 0 amide bonds. The number of rotatable bonds is 2. The maximum absolute atomic E-state index is 8.20. The molecule has 0 saturated carbocycles. The number of hydrogen-bond acceptors (Lipinski definition) is 2. The van der Waals surface area contributed by atoms with E-state index in [4.69, 9.17) is 8.53 Å². The predicted octanol–water partition coefficient (Wildman–Crippen LogP) is 7.22. The largest absolute Gasteiger partial charge is 0.437 e. The molecular formula is C30H25N2O+. The SMILES string of the molecule is [2H]C([2H])([2H])c1c[n+](C)c(-c2c(C)c3ccccc3c3c2oc2nc(C)ccc23)cc1-c1ccccc1. The van der Waals surface area contributed by atoms with Crippen molar-refractivity contribution in [3.05, 3.63) is 95.8 Å². The van der Waals surface area contributed by atoms with Crippen molar-refractivity contribution in [3.63, 3.8) is 0 Å². The molecule has 0 aliphatic rings. The highest BCUT2D eigenvalue weighted by Gasteiger charge is 2.25. The van der Waals surface area contributed by atoms with E-state index in [9.17, 15) is 0 Å². The smallest absolute Gasteiger partial charge is 0.227 e. The zero-order valence-corrected chi connectivity index (χ0v) is 18.8. The molecule has 33 heavy (non-hydrogen) atoms. The van der Waals surface area contributed by atoms with Crippen LogP contribution in [0, 0.1) is 20.7 Å². The van der Waals surface area contributed by atoms with Gasteiger partial charge in [0.15, 0.2) is 11.8 Å². The van der Waals surface area contributed by atoms with E-state index in [0.29, 0.717) is 16.8 Å². The monoisotopic (exact) mass is 432 g/mol. The minimum Gasteiger partial charge on any atom is -0.437 e. The molecule has 0 saturated heterocycles. The van der Waals surface area contributed by atoms with Crippen LogP contribution < -0.4 is 4.57 Å². The van der Waals surface area contributed by atoms with E-state index < -0.39 is 6.85 Å². The average molecular weight is 433 g/mol. The van der Waals surface area contributed by atoms with Crippen LogP contribution in [0.5, 0.6) is 0 Å². The van der Waals surface area contributed by atoms with Gasteiger partial charge in [-0.15, -0.1) is 0 Å². The highest BCUT2D eigenvalue weighted by molar-refractivity contribution is 6.23. The summed E-state index contributed by atoms with van der Waals surface area (Å²) >= 11 is 0. The Morgan fingerprint density at radius 3 is 2.42 bits per heavy atom. The van der Waals surface area contributed by atoms with Crippen molar-refractivity contribution in [3.8, 4) is 22.4 Å². The molecule has 160 valence electrons. The van der Waals surface area contributed by atoms with Crippen LogP contribution in [-0.2, 0) is 7.05 Å². The van der Waals surface area contributed by atoms with Gasteiger partial charge in [0.2, 0.25) is 11.4 Å². The fourth-order valence-corrected chi connectivity index (χ4v) is 4.91. The standard InChI is InChI=1S/C30H25N2O/c1-18-17-32(4)26(16-25(18)21-10-6-5-7-11-21)27-20(3)22-12-8-9-13-23(22)28-24-15-14-19(2)31-30(24)33-29(27)28/h5-17H,1-4H3/q+1/i1D3. The molecule has 6 rings (SSSR count). The maximum atomic E-state index is 8.20. The molecule has 0 N–H and O–H groups in total. The van der Waals surface area contributed by atoms with Crippen LogP contribution in [0.2, 0.25) is 0 Å². The molecule has 6 aromatic rings. The molecule has 3 aromatic heterocycles. The Labute approximate surface area is 197 Å². The summed E-state index contributed by atoms with van der Waals surface area (Å²) in [5, 5.41) is 4.24. The third-order valence-corrected chi connectivity index (χ3v) is 6.51. The summed E-state index contributed by atoms with van der Waals surface area (Å²) in [4.78, 5) is 4.67. The van der Waals surface area contributed by atoms with Crippen molar-refractivity contribution in [1.29, 1.82) is 0 Å². The lowest BCUT2D eigenvalue weighted by molar-refractivity contribution is -0.660. The zero-order chi connectivity index (χ0) is 25.2. The first kappa shape index (κ1) is 16.6. The number of nitrogens with zero attached hydrogens (tertiary/aromatic N) is 2. The molecule has 0 fully saturated rings. The number of aryl methyl sites for hydroxylation is 4. The van der Waals surface area contributed by atoms with E-state index in [-0.39, 0.29) is 0 Å². The normalized spacial score (nSPS) is 13.4. The number of fused-ring (bicyclic) bond motifs is 5. The van der Waals surface area contributed by atoms with Crippen LogP contribution in [0.4, 0.5) is 0 Å².